The molecule has 0 saturated carbocycles. The molecule has 0 bridgehead atoms. The number of fused-ring (bicyclic) bond motifs is 2. The summed E-state index contributed by atoms with van der Waals surface area (Å²) in [7, 11) is 1.58. The van der Waals surface area contributed by atoms with Gasteiger partial charge in [-0.25, -0.2) is 4.79 Å². The lowest BCUT2D eigenvalue weighted by molar-refractivity contribution is 0.174. The Bertz CT molecular complexity index is 1600. The Labute approximate surface area is 204 Å². The molecule has 0 fully saturated rings. The van der Waals surface area contributed by atoms with Crippen LogP contribution in [0.5, 0.6) is 17.2 Å². The number of para-hydroxylation sites is 1. The van der Waals surface area contributed by atoms with E-state index in [1.807, 2.05) is 65.2 Å². The van der Waals surface area contributed by atoms with Crippen LogP contribution >= 0.6 is 11.8 Å². The summed E-state index contributed by atoms with van der Waals surface area (Å²) in [4.78, 5) is 12.2. The van der Waals surface area contributed by atoms with Gasteiger partial charge in [-0.1, -0.05) is 30.0 Å². The van der Waals surface area contributed by atoms with E-state index >= 15 is 0 Å². The molecule has 5 aromatic rings. The van der Waals surface area contributed by atoms with Crippen LogP contribution in [0, 0.1) is 0 Å². The van der Waals surface area contributed by atoms with Gasteiger partial charge in [0.05, 0.1) is 7.11 Å². The van der Waals surface area contributed by atoms with Gasteiger partial charge in [0, 0.05) is 34.5 Å². The van der Waals surface area contributed by atoms with Crippen molar-refractivity contribution in [3.05, 3.63) is 88.8 Å². The third-order valence-corrected chi connectivity index (χ3v) is 6.65. The van der Waals surface area contributed by atoms with E-state index in [0.717, 1.165) is 22.2 Å². The fourth-order valence-corrected chi connectivity index (χ4v) is 4.94. The summed E-state index contributed by atoms with van der Waals surface area (Å²) in [5, 5.41) is 10.5. The van der Waals surface area contributed by atoms with Gasteiger partial charge < -0.3 is 18.6 Å². The maximum atomic E-state index is 12.2. The zero-order valence-electron chi connectivity index (χ0n) is 18.6. The van der Waals surface area contributed by atoms with Crippen LogP contribution in [0.2, 0.25) is 0 Å². The molecule has 9 heteroatoms. The van der Waals surface area contributed by atoms with E-state index in [4.69, 9.17) is 18.6 Å². The normalized spacial score (nSPS) is 12.3. The first-order chi connectivity index (χ1) is 17.2. The van der Waals surface area contributed by atoms with Gasteiger partial charge in [0.2, 0.25) is 6.79 Å². The number of methoxy groups -OCH3 is 1. The average molecular weight is 486 g/mol. The fourth-order valence-electron chi connectivity index (χ4n) is 3.99. The molecule has 0 unspecified atom stereocenters. The molecule has 3 heterocycles. The SMILES string of the molecule is COc1ccc2c(CSc3nnc(-c4ccc5c(c4)OCO5)n3-c3ccccc3)cc(=O)oc2c1. The molecule has 1 aliphatic rings. The quantitative estimate of drug-likeness (QED) is 0.243. The number of aromatic nitrogens is 3. The molecule has 2 aromatic heterocycles. The maximum Gasteiger partial charge on any atom is 0.336 e. The lowest BCUT2D eigenvalue weighted by atomic mass is 10.1. The molecule has 8 nitrogen and oxygen atoms in total. The second-order valence-electron chi connectivity index (χ2n) is 7.79. The van der Waals surface area contributed by atoms with Crippen molar-refractivity contribution < 1.29 is 18.6 Å². The van der Waals surface area contributed by atoms with Crippen LogP contribution in [0.4, 0.5) is 0 Å². The Balaban J connectivity index is 1.40. The average Bonchev–Trinajstić information content (AvgIpc) is 3.53. The largest absolute Gasteiger partial charge is 0.497 e. The minimum atomic E-state index is -0.410. The second-order valence-corrected chi connectivity index (χ2v) is 8.73. The van der Waals surface area contributed by atoms with E-state index in [-0.39, 0.29) is 6.79 Å². The number of thioether (sulfide) groups is 1. The number of nitrogens with zero attached hydrogens (tertiary/aromatic N) is 3. The number of ether oxygens (including phenoxy) is 3. The highest BCUT2D eigenvalue weighted by molar-refractivity contribution is 7.98. The fraction of sp³-hybridized carbons (Fsp3) is 0.115. The van der Waals surface area contributed by atoms with Gasteiger partial charge >= 0.3 is 5.63 Å². The molecule has 0 N–H and O–H groups in total. The highest BCUT2D eigenvalue weighted by atomic mass is 32.2. The molecule has 0 saturated heterocycles. The summed E-state index contributed by atoms with van der Waals surface area (Å²) in [6.07, 6.45) is 0. The summed E-state index contributed by atoms with van der Waals surface area (Å²) in [6, 6.07) is 22.6. The molecule has 35 heavy (non-hydrogen) atoms. The Kier molecular flexibility index (Phi) is 5.38. The van der Waals surface area contributed by atoms with Crippen molar-refractivity contribution >= 4 is 22.7 Å². The molecular formula is C26H19N3O5S. The molecule has 6 rings (SSSR count). The maximum absolute atomic E-state index is 12.2. The van der Waals surface area contributed by atoms with Crippen molar-refractivity contribution in [2.75, 3.05) is 13.9 Å². The number of hydrogen-bond donors (Lipinski definition) is 0. The van der Waals surface area contributed by atoms with Crippen molar-refractivity contribution in [2.45, 2.75) is 10.9 Å². The zero-order chi connectivity index (χ0) is 23.8. The standard InChI is InChI=1S/C26H19N3O5S/c1-31-19-8-9-20-17(12-24(30)34-22(20)13-19)14-35-26-28-27-25(29(26)18-5-3-2-4-6-18)16-7-10-21-23(11-16)33-15-32-21/h2-13H,14-15H2,1H3. The highest BCUT2D eigenvalue weighted by Crippen LogP contribution is 2.37. The molecule has 0 amide bonds. The molecule has 1 aliphatic heterocycles. The lowest BCUT2D eigenvalue weighted by Gasteiger charge is -2.11. The Morgan fingerprint density at radius 1 is 0.971 bits per heavy atom. The van der Waals surface area contributed by atoms with Crippen molar-refractivity contribution in [1.29, 1.82) is 0 Å². The minimum absolute atomic E-state index is 0.205. The highest BCUT2D eigenvalue weighted by Gasteiger charge is 2.20. The third-order valence-electron chi connectivity index (χ3n) is 5.67. The van der Waals surface area contributed by atoms with E-state index in [9.17, 15) is 4.79 Å². The first-order valence-electron chi connectivity index (χ1n) is 10.8. The van der Waals surface area contributed by atoms with Crippen LogP contribution in [0.25, 0.3) is 28.0 Å². The molecular weight excluding hydrogens is 466 g/mol. The number of rotatable bonds is 6. The Morgan fingerprint density at radius 3 is 2.69 bits per heavy atom. The molecule has 174 valence electrons. The molecule has 0 atom stereocenters. The van der Waals surface area contributed by atoms with Crippen LogP contribution in [-0.2, 0) is 5.75 Å². The Morgan fingerprint density at radius 2 is 1.83 bits per heavy atom. The van der Waals surface area contributed by atoms with Crippen molar-refractivity contribution in [2.24, 2.45) is 0 Å². The van der Waals surface area contributed by atoms with Gasteiger partial charge in [0.25, 0.3) is 0 Å². The van der Waals surface area contributed by atoms with Crippen LogP contribution in [0.1, 0.15) is 5.56 Å². The molecule has 3 aromatic carbocycles. The summed E-state index contributed by atoms with van der Waals surface area (Å²) in [6.45, 7) is 0.205. The van der Waals surface area contributed by atoms with E-state index in [0.29, 0.717) is 39.6 Å². The predicted molar refractivity (Wildman–Crippen MR) is 132 cm³/mol. The van der Waals surface area contributed by atoms with E-state index in [1.165, 1.54) is 17.8 Å². The number of hydrogen-bond acceptors (Lipinski definition) is 8. The number of benzene rings is 3. The summed E-state index contributed by atoms with van der Waals surface area (Å²) in [5.41, 5.74) is 2.70. The van der Waals surface area contributed by atoms with Crippen LogP contribution in [-0.4, -0.2) is 28.7 Å². The first-order valence-corrected chi connectivity index (χ1v) is 11.8. The summed E-state index contributed by atoms with van der Waals surface area (Å²) >= 11 is 1.49. The van der Waals surface area contributed by atoms with Gasteiger partial charge in [-0.3, -0.25) is 4.57 Å². The predicted octanol–water partition coefficient (Wildman–Crippen LogP) is 5.07. The molecule has 0 spiro atoms. The lowest BCUT2D eigenvalue weighted by Crippen LogP contribution is -2.02. The van der Waals surface area contributed by atoms with Crippen molar-refractivity contribution in [3.8, 4) is 34.3 Å². The van der Waals surface area contributed by atoms with E-state index < -0.39 is 5.63 Å². The van der Waals surface area contributed by atoms with Crippen LogP contribution < -0.4 is 19.8 Å². The first kappa shape index (κ1) is 21.3. The summed E-state index contributed by atoms with van der Waals surface area (Å²) in [5.74, 6) is 3.19. The summed E-state index contributed by atoms with van der Waals surface area (Å²) < 4.78 is 23.7. The smallest absolute Gasteiger partial charge is 0.336 e. The van der Waals surface area contributed by atoms with Crippen molar-refractivity contribution in [1.82, 2.24) is 14.8 Å². The monoisotopic (exact) mass is 485 g/mol. The Hall–Kier alpha value is -4.24. The molecule has 0 aliphatic carbocycles. The van der Waals surface area contributed by atoms with Crippen LogP contribution in [0.15, 0.2) is 87.2 Å². The van der Waals surface area contributed by atoms with E-state index in [1.54, 1.807) is 13.2 Å². The molecule has 0 radical (unpaired) electrons. The van der Waals surface area contributed by atoms with E-state index in [2.05, 4.69) is 10.2 Å². The van der Waals surface area contributed by atoms with Crippen LogP contribution in [0.3, 0.4) is 0 Å². The van der Waals surface area contributed by atoms with Gasteiger partial charge in [-0.05, 0) is 48.0 Å². The van der Waals surface area contributed by atoms with Crippen molar-refractivity contribution in [3.63, 3.8) is 0 Å². The van der Waals surface area contributed by atoms with Gasteiger partial charge in [0.1, 0.15) is 11.3 Å². The zero-order valence-corrected chi connectivity index (χ0v) is 19.5. The topological polar surface area (TPSA) is 88.6 Å². The van der Waals surface area contributed by atoms with Gasteiger partial charge in [0.15, 0.2) is 22.5 Å². The second kappa shape index (κ2) is 8.84. The van der Waals surface area contributed by atoms with Gasteiger partial charge in [-0.2, -0.15) is 0 Å². The minimum Gasteiger partial charge on any atom is -0.497 e. The third kappa shape index (κ3) is 4.00. The van der Waals surface area contributed by atoms with Gasteiger partial charge in [-0.15, -0.1) is 10.2 Å².